The molecule has 3 nitrogen and oxygen atoms in total. The van der Waals surface area contributed by atoms with E-state index in [1.807, 2.05) is 18.2 Å². The van der Waals surface area contributed by atoms with Crippen molar-refractivity contribution in [2.75, 3.05) is 6.61 Å². The van der Waals surface area contributed by atoms with Gasteiger partial charge in [-0.2, -0.15) is 0 Å². The summed E-state index contributed by atoms with van der Waals surface area (Å²) in [4.78, 5) is 4.28. The Morgan fingerprint density at radius 3 is 2.95 bits per heavy atom. The van der Waals surface area contributed by atoms with E-state index >= 15 is 0 Å². The minimum atomic E-state index is -0.217. The molecule has 0 amide bonds. The van der Waals surface area contributed by atoms with Crippen LogP contribution in [0.5, 0.6) is 5.75 Å². The van der Waals surface area contributed by atoms with E-state index in [1.165, 1.54) is 5.56 Å². The van der Waals surface area contributed by atoms with Gasteiger partial charge in [0, 0.05) is 12.2 Å². The van der Waals surface area contributed by atoms with Crippen molar-refractivity contribution in [3.05, 3.63) is 57.8 Å². The molecule has 0 radical (unpaired) electrons. The summed E-state index contributed by atoms with van der Waals surface area (Å²) in [6.45, 7) is 0.718. The summed E-state index contributed by atoms with van der Waals surface area (Å²) in [5.74, 6) is 1.31. The molecule has 5 heteroatoms. The first-order chi connectivity index (χ1) is 10.1. The van der Waals surface area contributed by atoms with Crippen molar-refractivity contribution in [1.82, 2.24) is 4.98 Å². The number of rotatable bonds is 3. The lowest BCUT2D eigenvalue weighted by molar-refractivity contribution is 0.259. The van der Waals surface area contributed by atoms with E-state index in [4.69, 9.17) is 33.7 Å². The minimum Gasteiger partial charge on any atom is -0.493 e. The molecule has 2 heterocycles. The molecule has 1 aromatic heterocycles. The molecular formula is C16H16Cl2N2O. The second kappa shape index (κ2) is 6.22. The normalized spacial score (nSPS) is 18.7. The van der Waals surface area contributed by atoms with E-state index in [-0.39, 0.29) is 6.04 Å². The zero-order valence-electron chi connectivity index (χ0n) is 11.4. The van der Waals surface area contributed by atoms with Gasteiger partial charge in [-0.3, -0.25) is 4.98 Å². The van der Waals surface area contributed by atoms with Crippen molar-refractivity contribution < 1.29 is 4.74 Å². The first-order valence-electron chi connectivity index (χ1n) is 6.93. The van der Waals surface area contributed by atoms with Gasteiger partial charge in [0.2, 0.25) is 0 Å². The van der Waals surface area contributed by atoms with Crippen LogP contribution in [0.25, 0.3) is 0 Å². The number of hydrogen-bond donors (Lipinski definition) is 1. The summed E-state index contributed by atoms with van der Waals surface area (Å²) < 4.78 is 5.68. The molecule has 0 aliphatic carbocycles. The molecule has 3 rings (SSSR count). The Balaban J connectivity index is 1.81. The fourth-order valence-electron chi connectivity index (χ4n) is 2.78. The molecule has 2 unspecified atom stereocenters. The van der Waals surface area contributed by atoms with Crippen LogP contribution in [0.3, 0.4) is 0 Å². The van der Waals surface area contributed by atoms with E-state index in [0.29, 0.717) is 21.7 Å². The van der Waals surface area contributed by atoms with E-state index in [9.17, 15) is 0 Å². The van der Waals surface area contributed by atoms with Crippen LogP contribution in [0.15, 0.2) is 36.5 Å². The van der Waals surface area contributed by atoms with Crippen LogP contribution >= 0.6 is 23.2 Å². The Morgan fingerprint density at radius 1 is 1.33 bits per heavy atom. The maximum Gasteiger partial charge on any atom is 0.122 e. The predicted molar refractivity (Wildman–Crippen MR) is 85.1 cm³/mol. The van der Waals surface area contributed by atoms with Crippen molar-refractivity contribution in [3.8, 4) is 5.75 Å². The van der Waals surface area contributed by atoms with Gasteiger partial charge in [0.15, 0.2) is 0 Å². The lowest BCUT2D eigenvalue weighted by Gasteiger charge is -2.27. The number of fused-ring (bicyclic) bond motifs is 1. The van der Waals surface area contributed by atoms with Crippen molar-refractivity contribution in [3.63, 3.8) is 0 Å². The first-order valence-corrected chi connectivity index (χ1v) is 7.69. The van der Waals surface area contributed by atoms with Gasteiger partial charge < -0.3 is 10.5 Å². The van der Waals surface area contributed by atoms with E-state index in [2.05, 4.69) is 11.1 Å². The molecule has 110 valence electrons. The van der Waals surface area contributed by atoms with Gasteiger partial charge in [-0.15, -0.1) is 0 Å². The SMILES string of the molecule is NC(CC1CCOc2ccccc21)c1ncc(Cl)cc1Cl. The fraction of sp³-hybridized carbons (Fsp3) is 0.312. The largest absolute Gasteiger partial charge is 0.493 e. The molecule has 0 saturated heterocycles. The Morgan fingerprint density at radius 2 is 2.14 bits per heavy atom. The third kappa shape index (κ3) is 3.15. The second-order valence-corrected chi connectivity index (χ2v) is 6.08. The molecular weight excluding hydrogens is 307 g/mol. The van der Waals surface area contributed by atoms with Gasteiger partial charge in [0.1, 0.15) is 5.75 Å². The van der Waals surface area contributed by atoms with Gasteiger partial charge in [-0.25, -0.2) is 0 Å². The van der Waals surface area contributed by atoms with Crippen LogP contribution in [0.1, 0.15) is 36.1 Å². The number of pyridine rings is 1. The molecule has 2 atom stereocenters. The number of ether oxygens (including phenoxy) is 1. The molecule has 21 heavy (non-hydrogen) atoms. The average Bonchev–Trinajstić information content (AvgIpc) is 2.47. The van der Waals surface area contributed by atoms with Gasteiger partial charge in [-0.1, -0.05) is 41.4 Å². The zero-order valence-corrected chi connectivity index (χ0v) is 12.9. The van der Waals surface area contributed by atoms with Gasteiger partial charge >= 0.3 is 0 Å². The first kappa shape index (κ1) is 14.6. The van der Waals surface area contributed by atoms with Crippen LogP contribution in [-0.2, 0) is 0 Å². The molecule has 0 fully saturated rings. The standard InChI is InChI=1S/C16H16Cl2N2O/c17-11-8-13(18)16(20-9-11)14(19)7-10-5-6-21-15-4-2-1-3-12(10)15/h1-4,8-10,14H,5-7,19H2. The molecule has 1 aliphatic heterocycles. The average molecular weight is 323 g/mol. The Hall–Kier alpha value is -1.29. The number of benzene rings is 1. The second-order valence-electron chi connectivity index (χ2n) is 5.23. The van der Waals surface area contributed by atoms with Crippen LogP contribution in [0.2, 0.25) is 10.0 Å². The predicted octanol–water partition coefficient (Wildman–Crippen LogP) is 4.34. The number of para-hydroxylation sites is 1. The topological polar surface area (TPSA) is 48.1 Å². The van der Waals surface area contributed by atoms with Crippen molar-refractivity contribution in [2.24, 2.45) is 5.73 Å². The quantitative estimate of drug-likeness (QED) is 0.914. The van der Waals surface area contributed by atoms with Crippen molar-refractivity contribution in [2.45, 2.75) is 24.8 Å². The number of nitrogens with zero attached hydrogens (tertiary/aromatic N) is 1. The van der Waals surface area contributed by atoms with E-state index < -0.39 is 0 Å². The smallest absolute Gasteiger partial charge is 0.122 e. The van der Waals surface area contributed by atoms with Gasteiger partial charge in [0.25, 0.3) is 0 Å². The third-order valence-electron chi connectivity index (χ3n) is 3.81. The Kier molecular flexibility index (Phi) is 4.34. The summed E-state index contributed by atoms with van der Waals surface area (Å²) >= 11 is 12.1. The molecule has 2 aromatic rings. The molecule has 0 saturated carbocycles. The van der Waals surface area contributed by atoms with Crippen LogP contribution < -0.4 is 10.5 Å². The van der Waals surface area contributed by atoms with Crippen molar-refractivity contribution in [1.29, 1.82) is 0 Å². The lowest BCUT2D eigenvalue weighted by atomic mass is 9.87. The lowest BCUT2D eigenvalue weighted by Crippen LogP contribution is -2.21. The van der Waals surface area contributed by atoms with E-state index in [1.54, 1.807) is 12.3 Å². The minimum absolute atomic E-state index is 0.217. The molecule has 2 N–H and O–H groups in total. The highest BCUT2D eigenvalue weighted by atomic mass is 35.5. The molecule has 1 aliphatic rings. The Labute approximate surface area is 134 Å². The highest BCUT2D eigenvalue weighted by Crippen LogP contribution is 2.38. The van der Waals surface area contributed by atoms with Gasteiger partial charge in [0.05, 0.1) is 22.3 Å². The summed E-state index contributed by atoms with van der Waals surface area (Å²) in [5.41, 5.74) is 8.21. The van der Waals surface area contributed by atoms with Crippen molar-refractivity contribution >= 4 is 23.2 Å². The highest BCUT2D eigenvalue weighted by Gasteiger charge is 2.25. The van der Waals surface area contributed by atoms with E-state index in [0.717, 1.165) is 25.2 Å². The molecule has 0 bridgehead atoms. The van der Waals surface area contributed by atoms with Crippen LogP contribution in [0, 0.1) is 0 Å². The van der Waals surface area contributed by atoms with Gasteiger partial charge in [-0.05, 0) is 36.5 Å². The maximum atomic E-state index is 6.30. The monoisotopic (exact) mass is 322 g/mol. The van der Waals surface area contributed by atoms with Crippen LogP contribution in [-0.4, -0.2) is 11.6 Å². The number of aromatic nitrogens is 1. The third-order valence-corrected chi connectivity index (χ3v) is 4.32. The highest BCUT2D eigenvalue weighted by molar-refractivity contribution is 6.34. The zero-order chi connectivity index (χ0) is 14.8. The number of halogens is 2. The summed E-state index contributed by atoms with van der Waals surface area (Å²) in [7, 11) is 0. The molecule has 0 spiro atoms. The number of hydrogen-bond acceptors (Lipinski definition) is 3. The summed E-state index contributed by atoms with van der Waals surface area (Å²) in [5, 5.41) is 1.04. The molecule has 1 aromatic carbocycles. The summed E-state index contributed by atoms with van der Waals surface area (Å²) in [6.07, 6.45) is 3.32. The van der Waals surface area contributed by atoms with Crippen LogP contribution in [0.4, 0.5) is 0 Å². The number of nitrogens with two attached hydrogens (primary N) is 1. The fourth-order valence-corrected chi connectivity index (χ4v) is 3.30. The Bertz CT molecular complexity index is 648. The maximum absolute atomic E-state index is 6.30. The summed E-state index contributed by atoms with van der Waals surface area (Å²) in [6, 6.07) is 9.58.